The van der Waals surface area contributed by atoms with Crippen LogP contribution in [0.15, 0.2) is 48.5 Å². The molecule has 43 heavy (non-hydrogen) atoms. The number of nitrogens with zero attached hydrogens (tertiary/aromatic N) is 4. The highest BCUT2D eigenvalue weighted by Gasteiger charge is 2.24. The zero-order valence-electron chi connectivity index (χ0n) is 24.4. The molecular formula is C30H38F2N6O5. The van der Waals surface area contributed by atoms with Gasteiger partial charge in [-0.15, -0.1) is 5.10 Å². The Kier molecular flexibility index (Phi) is 11.4. The number of aromatic nitrogens is 2. The van der Waals surface area contributed by atoms with E-state index < -0.39 is 17.7 Å². The van der Waals surface area contributed by atoms with Crippen molar-refractivity contribution in [3.63, 3.8) is 0 Å². The summed E-state index contributed by atoms with van der Waals surface area (Å²) in [7, 11) is 1.68. The number of morpholine rings is 1. The van der Waals surface area contributed by atoms with Crippen molar-refractivity contribution in [2.75, 3.05) is 71.6 Å². The molecule has 1 unspecified atom stereocenters. The number of anilines is 1. The number of para-hydroxylation sites is 1. The van der Waals surface area contributed by atoms with Gasteiger partial charge in [-0.05, 0) is 55.6 Å². The van der Waals surface area contributed by atoms with E-state index in [-0.39, 0.29) is 18.4 Å². The monoisotopic (exact) mass is 600 g/mol. The SMILES string of the molecule is COCCN1CCC(c2ccc(F)c(F)c2)C1.Cc1c(OCC(=O)N2CCOCC2)nn(-c2ccccc2)c1NC(N)=O. The summed E-state index contributed by atoms with van der Waals surface area (Å²) in [4.78, 5) is 27.6. The first-order valence-electron chi connectivity index (χ1n) is 14.1. The Balaban J connectivity index is 0.000000215. The third-order valence-corrected chi connectivity index (χ3v) is 7.32. The van der Waals surface area contributed by atoms with Crippen LogP contribution in [0.25, 0.3) is 5.69 Å². The van der Waals surface area contributed by atoms with E-state index in [1.54, 1.807) is 25.0 Å². The Morgan fingerprint density at radius 3 is 2.51 bits per heavy atom. The fourth-order valence-corrected chi connectivity index (χ4v) is 4.96. The van der Waals surface area contributed by atoms with E-state index >= 15 is 0 Å². The van der Waals surface area contributed by atoms with Crippen molar-refractivity contribution in [2.24, 2.45) is 5.73 Å². The minimum absolute atomic E-state index is 0.133. The molecule has 2 fully saturated rings. The van der Waals surface area contributed by atoms with Crippen LogP contribution < -0.4 is 15.8 Å². The summed E-state index contributed by atoms with van der Waals surface area (Å²) in [5.41, 5.74) is 7.47. The van der Waals surface area contributed by atoms with Gasteiger partial charge < -0.3 is 29.7 Å². The van der Waals surface area contributed by atoms with E-state index in [2.05, 4.69) is 15.3 Å². The van der Waals surface area contributed by atoms with Gasteiger partial charge in [-0.2, -0.15) is 0 Å². The normalized spacial score (nSPS) is 16.8. The van der Waals surface area contributed by atoms with Gasteiger partial charge in [0.2, 0.25) is 5.88 Å². The summed E-state index contributed by atoms with van der Waals surface area (Å²) < 4.78 is 43.4. The van der Waals surface area contributed by atoms with Crippen LogP contribution in [0.4, 0.5) is 19.4 Å². The molecule has 0 saturated carbocycles. The van der Waals surface area contributed by atoms with E-state index in [4.69, 9.17) is 19.9 Å². The van der Waals surface area contributed by atoms with Crippen molar-refractivity contribution in [1.82, 2.24) is 19.6 Å². The Labute approximate surface area is 249 Å². The van der Waals surface area contributed by atoms with E-state index in [1.165, 1.54) is 16.8 Å². The predicted octanol–water partition coefficient (Wildman–Crippen LogP) is 3.31. The fraction of sp³-hybridized carbons (Fsp3) is 0.433. The van der Waals surface area contributed by atoms with Crippen LogP contribution in [-0.2, 0) is 14.3 Å². The average molecular weight is 601 g/mol. The summed E-state index contributed by atoms with van der Waals surface area (Å²) in [6, 6.07) is 12.8. The van der Waals surface area contributed by atoms with E-state index in [0.717, 1.165) is 37.3 Å². The van der Waals surface area contributed by atoms with Crippen LogP contribution in [0, 0.1) is 18.6 Å². The lowest BCUT2D eigenvalue weighted by molar-refractivity contribution is -0.137. The number of ether oxygens (including phenoxy) is 3. The maximum Gasteiger partial charge on any atom is 0.317 e. The van der Waals surface area contributed by atoms with Crippen molar-refractivity contribution >= 4 is 17.8 Å². The zero-order valence-corrected chi connectivity index (χ0v) is 24.4. The molecule has 2 aliphatic heterocycles. The van der Waals surface area contributed by atoms with E-state index in [1.807, 2.05) is 30.3 Å². The summed E-state index contributed by atoms with van der Waals surface area (Å²) in [5.74, 6) is -0.689. The molecule has 3 aromatic rings. The second kappa shape index (κ2) is 15.4. The minimum Gasteiger partial charge on any atom is -0.466 e. The number of nitrogens with one attached hydrogen (secondary N) is 1. The summed E-state index contributed by atoms with van der Waals surface area (Å²) in [6.45, 7) is 7.26. The molecule has 3 amide bonds. The summed E-state index contributed by atoms with van der Waals surface area (Å²) in [6.07, 6.45) is 0.995. The van der Waals surface area contributed by atoms with Gasteiger partial charge in [0.1, 0.15) is 5.82 Å². The molecule has 0 radical (unpaired) electrons. The molecule has 11 nitrogen and oxygen atoms in total. The number of rotatable bonds is 9. The van der Waals surface area contributed by atoms with Gasteiger partial charge in [0.25, 0.3) is 5.91 Å². The van der Waals surface area contributed by atoms with E-state index in [0.29, 0.717) is 50.2 Å². The van der Waals surface area contributed by atoms with Crippen LogP contribution in [0.3, 0.4) is 0 Å². The Morgan fingerprint density at radius 2 is 1.84 bits per heavy atom. The van der Waals surface area contributed by atoms with Gasteiger partial charge in [0, 0.05) is 33.3 Å². The molecule has 232 valence electrons. The highest BCUT2D eigenvalue weighted by Crippen LogP contribution is 2.29. The number of carbonyl (C=O) groups is 2. The number of halogens is 2. The third-order valence-electron chi connectivity index (χ3n) is 7.32. The molecule has 3 N–H and O–H groups in total. The molecular weight excluding hydrogens is 562 g/mol. The topological polar surface area (TPSA) is 124 Å². The summed E-state index contributed by atoms with van der Waals surface area (Å²) in [5, 5.41) is 6.94. The first-order chi connectivity index (χ1) is 20.8. The number of carbonyl (C=O) groups excluding carboxylic acids is 2. The van der Waals surface area contributed by atoms with Crippen LogP contribution in [-0.4, -0.2) is 97.8 Å². The number of methoxy groups -OCH3 is 1. The number of benzene rings is 2. The number of urea groups is 1. The highest BCUT2D eigenvalue weighted by molar-refractivity contribution is 5.88. The number of likely N-dealkylation sites (tertiary alicyclic amines) is 1. The van der Waals surface area contributed by atoms with Gasteiger partial charge >= 0.3 is 6.03 Å². The molecule has 1 aromatic heterocycles. The highest BCUT2D eigenvalue weighted by atomic mass is 19.2. The van der Waals surface area contributed by atoms with Crippen LogP contribution >= 0.6 is 0 Å². The lowest BCUT2D eigenvalue weighted by atomic mass is 9.98. The van der Waals surface area contributed by atoms with Crippen molar-refractivity contribution in [3.05, 3.63) is 71.3 Å². The molecule has 2 aliphatic rings. The standard InChI is InChI=1S/C17H21N5O4.C13H17F2NO/c1-12-15(19-17(18)24)22(13-5-3-2-4-6-13)20-16(12)26-11-14(23)21-7-9-25-10-8-21;1-17-7-6-16-5-4-11(9-16)10-2-3-12(14)13(15)8-10/h2-6H,7-11H2,1H3,(H3,18,19,24);2-3,8,11H,4-7,9H2,1H3. The number of nitrogens with two attached hydrogens (primary N) is 1. The largest absolute Gasteiger partial charge is 0.466 e. The van der Waals surface area contributed by atoms with Gasteiger partial charge in [0.05, 0.1) is 31.1 Å². The number of hydrogen-bond acceptors (Lipinski definition) is 7. The first-order valence-corrected chi connectivity index (χ1v) is 14.1. The lowest BCUT2D eigenvalue weighted by Gasteiger charge is -2.26. The van der Waals surface area contributed by atoms with Gasteiger partial charge in [-0.25, -0.2) is 18.3 Å². The van der Waals surface area contributed by atoms with E-state index in [9.17, 15) is 18.4 Å². The maximum atomic E-state index is 13.1. The molecule has 0 spiro atoms. The van der Waals surface area contributed by atoms with Gasteiger partial charge in [0.15, 0.2) is 18.2 Å². The number of amides is 3. The molecule has 0 bridgehead atoms. The first kappa shape index (κ1) is 31.9. The van der Waals surface area contributed by atoms with Crippen molar-refractivity contribution < 1.29 is 32.6 Å². The summed E-state index contributed by atoms with van der Waals surface area (Å²) >= 11 is 0. The molecule has 5 rings (SSSR count). The van der Waals surface area contributed by atoms with Crippen molar-refractivity contribution in [2.45, 2.75) is 19.3 Å². The lowest BCUT2D eigenvalue weighted by Crippen LogP contribution is -2.43. The van der Waals surface area contributed by atoms with Crippen LogP contribution in [0.5, 0.6) is 5.88 Å². The number of hydrogen-bond donors (Lipinski definition) is 2. The Morgan fingerprint density at radius 1 is 1.09 bits per heavy atom. The molecule has 3 heterocycles. The second-order valence-electron chi connectivity index (χ2n) is 10.2. The molecule has 13 heteroatoms. The van der Waals surface area contributed by atoms with Crippen LogP contribution in [0.1, 0.15) is 23.5 Å². The minimum atomic E-state index is -0.775. The molecule has 0 aliphatic carbocycles. The second-order valence-corrected chi connectivity index (χ2v) is 10.2. The molecule has 2 saturated heterocycles. The van der Waals surface area contributed by atoms with Gasteiger partial charge in [-0.1, -0.05) is 24.3 Å². The predicted molar refractivity (Wildman–Crippen MR) is 156 cm³/mol. The van der Waals surface area contributed by atoms with Gasteiger partial charge in [-0.3, -0.25) is 10.1 Å². The molecule has 1 atom stereocenters. The van der Waals surface area contributed by atoms with Crippen molar-refractivity contribution in [3.8, 4) is 11.6 Å². The fourth-order valence-electron chi connectivity index (χ4n) is 4.96. The van der Waals surface area contributed by atoms with Crippen LogP contribution in [0.2, 0.25) is 0 Å². The Bertz CT molecular complexity index is 1370. The quantitative estimate of drug-likeness (QED) is 0.386. The maximum absolute atomic E-state index is 13.1. The third kappa shape index (κ3) is 8.72. The van der Waals surface area contributed by atoms with Crippen molar-refractivity contribution in [1.29, 1.82) is 0 Å². The molecule has 2 aromatic carbocycles. The zero-order chi connectivity index (χ0) is 30.8. The smallest absolute Gasteiger partial charge is 0.317 e. The average Bonchev–Trinajstić information content (AvgIpc) is 3.62. The number of primary amides is 1. The Hall–Kier alpha value is -4.07.